The summed E-state index contributed by atoms with van der Waals surface area (Å²) in [6.07, 6.45) is 4.29. The zero-order valence-corrected chi connectivity index (χ0v) is 10.9. The molecule has 6 heteroatoms. The average molecular weight is 251 g/mol. The van der Waals surface area contributed by atoms with E-state index in [1.165, 1.54) is 0 Å². The monoisotopic (exact) mass is 251 g/mol. The first kappa shape index (κ1) is 12.1. The third kappa shape index (κ3) is 1.84. The van der Waals surface area contributed by atoms with Crippen molar-refractivity contribution in [2.75, 3.05) is 19.7 Å². The Morgan fingerprint density at radius 3 is 3.06 bits per heavy atom. The van der Waals surface area contributed by atoms with Crippen LogP contribution in [0.1, 0.15) is 25.6 Å². The first-order valence-corrected chi connectivity index (χ1v) is 6.71. The summed E-state index contributed by atoms with van der Waals surface area (Å²) in [5.41, 5.74) is 6.14. The second-order valence-electron chi connectivity index (χ2n) is 5.28. The quantitative estimate of drug-likeness (QED) is 0.815. The third-order valence-electron chi connectivity index (χ3n) is 4.31. The molecule has 1 aliphatic heterocycles. The minimum Gasteiger partial charge on any atom is -0.378 e. The van der Waals surface area contributed by atoms with E-state index in [-0.39, 0.29) is 5.54 Å². The Balaban J connectivity index is 1.68. The van der Waals surface area contributed by atoms with Gasteiger partial charge in [0.15, 0.2) is 0 Å². The van der Waals surface area contributed by atoms with Crippen LogP contribution in [0, 0.1) is 0 Å². The topological polar surface area (TPSA) is 69.2 Å². The Morgan fingerprint density at radius 2 is 2.33 bits per heavy atom. The molecule has 0 unspecified atom stereocenters. The third-order valence-corrected chi connectivity index (χ3v) is 4.31. The van der Waals surface area contributed by atoms with Crippen LogP contribution in [-0.2, 0) is 17.8 Å². The standard InChI is InChI=1S/C12H21N5O/c1-2-18-10-5-12(6-10,8-13)17-4-3-16-9-14-15-11(16)7-17/h9-10H,2-8,13H2,1H3. The van der Waals surface area contributed by atoms with Gasteiger partial charge in [0.25, 0.3) is 0 Å². The number of fused-ring (bicyclic) bond motifs is 1. The van der Waals surface area contributed by atoms with E-state index in [0.29, 0.717) is 12.6 Å². The zero-order chi connectivity index (χ0) is 12.6. The van der Waals surface area contributed by atoms with Gasteiger partial charge in [-0.05, 0) is 19.8 Å². The van der Waals surface area contributed by atoms with Gasteiger partial charge in [0.1, 0.15) is 12.2 Å². The van der Waals surface area contributed by atoms with Gasteiger partial charge in [-0.15, -0.1) is 10.2 Å². The molecule has 1 aromatic heterocycles. The Bertz CT molecular complexity index is 412. The Morgan fingerprint density at radius 1 is 1.50 bits per heavy atom. The SMILES string of the molecule is CCOC1CC(CN)(N2CCn3cnnc3C2)C1. The molecule has 0 bridgehead atoms. The maximum absolute atomic E-state index is 6.01. The van der Waals surface area contributed by atoms with E-state index in [4.69, 9.17) is 10.5 Å². The minimum absolute atomic E-state index is 0.122. The van der Waals surface area contributed by atoms with Crippen molar-refractivity contribution in [1.29, 1.82) is 0 Å². The van der Waals surface area contributed by atoms with E-state index in [1.807, 2.05) is 13.3 Å². The van der Waals surface area contributed by atoms with Crippen molar-refractivity contribution in [2.24, 2.45) is 5.73 Å². The van der Waals surface area contributed by atoms with Crippen molar-refractivity contribution in [3.8, 4) is 0 Å². The maximum atomic E-state index is 6.01. The van der Waals surface area contributed by atoms with Crippen molar-refractivity contribution in [2.45, 2.75) is 44.5 Å². The lowest BCUT2D eigenvalue weighted by molar-refractivity contribution is -0.108. The number of aromatic nitrogens is 3. The van der Waals surface area contributed by atoms with Crippen LogP contribution in [-0.4, -0.2) is 51.0 Å². The van der Waals surface area contributed by atoms with Gasteiger partial charge in [-0.2, -0.15) is 0 Å². The highest BCUT2D eigenvalue weighted by Gasteiger charge is 2.48. The fourth-order valence-electron chi connectivity index (χ4n) is 3.17. The first-order chi connectivity index (χ1) is 8.77. The molecule has 0 aromatic carbocycles. The highest BCUT2D eigenvalue weighted by molar-refractivity contribution is 5.07. The van der Waals surface area contributed by atoms with Gasteiger partial charge in [0.05, 0.1) is 12.6 Å². The molecule has 2 aliphatic rings. The molecule has 6 nitrogen and oxygen atoms in total. The average Bonchev–Trinajstić information content (AvgIpc) is 2.80. The zero-order valence-electron chi connectivity index (χ0n) is 10.9. The van der Waals surface area contributed by atoms with Crippen molar-refractivity contribution in [1.82, 2.24) is 19.7 Å². The lowest BCUT2D eigenvalue weighted by Crippen LogP contribution is -2.65. The molecule has 3 rings (SSSR count). The summed E-state index contributed by atoms with van der Waals surface area (Å²) in [7, 11) is 0. The molecular weight excluding hydrogens is 230 g/mol. The lowest BCUT2D eigenvalue weighted by Gasteiger charge is -2.54. The van der Waals surface area contributed by atoms with E-state index in [0.717, 1.165) is 44.9 Å². The van der Waals surface area contributed by atoms with Crippen molar-refractivity contribution in [3.05, 3.63) is 12.2 Å². The van der Waals surface area contributed by atoms with Gasteiger partial charge in [0, 0.05) is 31.8 Å². The number of nitrogens with zero attached hydrogens (tertiary/aromatic N) is 4. The van der Waals surface area contributed by atoms with Gasteiger partial charge in [-0.25, -0.2) is 0 Å². The van der Waals surface area contributed by atoms with E-state index in [2.05, 4.69) is 19.7 Å². The summed E-state index contributed by atoms with van der Waals surface area (Å²) in [6, 6.07) is 0. The van der Waals surface area contributed by atoms with Crippen LogP contribution in [0.3, 0.4) is 0 Å². The molecule has 2 heterocycles. The van der Waals surface area contributed by atoms with Crippen LogP contribution in [0.25, 0.3) is 0 Å². The fraction of sp³-hybridized carbons (Fsp3) is 0.833. The van der Waals surface area contributed by atoms with E-state index in [1.54, 1.807) is 0 Å². The second kappa shape index (κ2) is 4.60. The van der Waals surface area contributed by atoms with Crippen molar-refractivity contribution >= 4 is 0 Å². The highest BCUT2D eigenvalue weighted by Crippen LogP contribution is 2.40. The smallest absolute Gasteiger partial charge is 0.147 e. The molecule has 18 heavy (non-hydrogen) atoms. The molecule has 0 radical (unpaired) electrons. The summed E-state index contributed by atoms with van der Waals surface area (Å²) in [5, 5.41) is 8.13. The van der Waals surface area contributed by atoms with Crippen LogP contribution >= 0.6 is 0 Å². The van der Waals surface area contributed by atoms with Crippen LogP contribution in [0.5, 0.6) is 0 Å². The first-order valence-electron chi connectivity index (χ1n) is 6.71. The van der Waals surface area contributed by atoms with Crippen LogP contribution < -0.4 is 5.73 Å². The number of hydrogen-bond donors (Lipinski definition) is 1. The van der Waals surface area contributed by atoms with Crippen LogP contribution in [0.4, 0.5) is 0 Å². The molecule has 100 valence electrons. The van der Waals surface area contributed by atoms with Crippen LogP contribution in [0.2, 0.25) is 0 Å². The van der Waals surface area contributed by atoms with E-state index < -0.39 is 0 Å². The molecule has 1 fully saturated rings. The largest absolute Gasteiger partial charge is 0.378 e. The molecule has 0 amide bonds. The normalized spacial score (nSPS) is 32.0. The molecule has 1 aliphatic carbocycles. The Hall–Kier alpha value is -0.980. The van der Waals surface area contributed by atoms with Gasteiger partial charge in [-0.1, -0.05) is 0 Å². The Labute approximate surface area is 107 Å². The Kier molecular flexibility index (Phi) is 3.09. The predicted molar refractivity (Wildman–Crippen MR) is 66.9 cm³/mol. The second-order valence-corrected chi connectivity index (χ2v) is 5.28. The summed E-state index contributed by atoms with van der Waals surface area (Å²) in [4.78, 5) is 2.46. The minimum atomic E-state index is 0.122. The van der Waals surface area contributed by atoms with Gasteiger partial charge in [0.2, 0.25) is 0 Å². The molecular formula is C12H21N5O. The van der Waals surface area contributed by atoms with Crippen molar-refractivity contribution < 1.29 is 4.74 Å². The fourth-order valence-corrected chi connectivity index (χ4v) is 3.17. The summed E-state index contributed by atoms with van der Waals surface area (Å²) < 4.78 is 7.79. The van der Waals surface area contributed by atoms with Gasteiger partial charge >= 0.3 is 0 Å². The van der Waals surface area contributed by atoms with E-state index in [9.17, 15) is 0 Å². The summed E-state index contributed by atoms with van der Waals surface area (Å²) in [5.74, 6) is 1.05. The van der Waals surface area contributed by atoms with Crippen molar-refractivity contribution in [3.63, 3.8) is 0 Å². The molecule has 2 N–H and O–H groups in total. The highest BCUT2D eigenvalue weighted by atomic mass is 16.5. The molecule has 1 aromatic rings. The molecule has 1 saturated carbocycles. The molecule has 0 atom stereocenters. The predicted octanol–water partition coefficient (Wildman–Crippen LogP) is -0.00990. The van der Waals surface area contributed by atoms with E-state index >= 15 is 0 Å². The number of nitrogens with two attached hydrogens (primary N) is 1. The summed E-state index contributed by atoms with van der Waals surface area (Å²) >= 11 is 0. The molecule has 0 spiro atoms. The maximum Gasteiger partial charge on any atom is 0.147 e. The van der Waals surface area contributed by atoms with Gasteiger partial charge < -0.3 is 15.0 Å². The van der Waals surface area contributed by atoms with Crippen LogP contribution in [0.15, 0.2) is 6.33 Å². The van der Waals surface area contributed by atoms with Gasteiger partial charge in [-0.3, -0.25) is 4.90 Å². The number of rotatable bonds is 4. The molecule has 0 saturated heterocycles. The summed E-state index contributed by atoms with van der Waals surface area (Å²) in [6.45, 7) is 6.39. The number of hydrogen-bond acceptors (Lipinski definition) is 5. The lowest BCUT2D eigenvalue weighted by atomic mass is 9.72. The number of ether oxygens (including phenoxy) is 1.